The van der Waals surface area contributed by atoms with Gasteiger partial charge in [0, 0.05) is 86.2 Å². The molecule has 0 amide bonds. The SMILES string of the molecule is CCCCCCCCO[P+](=O)O.[Nd].[Nd]. The van der Waals surface area contributed by atoms with Gasteiger partial charge in [0.25, 0.3) is 0 Å². The van der Waals surface area contributed by atoms with Gasteiger partial charge in [-0.05, 0) is 6.42 Å². The van der Waals surface area contributed by atoms with Crippen LogP contribution in [0.2, 0.25) is 0 Å². The van der Waals surface area contributed by atoms with Crippen LogP contribution in [0, 0.1) is 81.7 Å². The Morgan fingerprint density at radius 3 is 2.07 bits per heavy atom. The summed E-state index contributed by atoms with van der Waals surface area (Å²) in [5, 5.41) is 0. The summed E-state index contributed by atoms with van der Waals surface area (Å²) in [7, 11) is -2.38. The molecule has 6 heteroatoms. The van der Waals surface area contributed by atoms with Gasteiger partial charge < -0.3 is 0 Å². The van der Waals surface area contributed by atoms with E-state index in [1.165, 1.54) is 25.7 Å². The molecule has 0 aliphatic heterocycles. The molecule has 1 unspecified atom stereocenters. The van der Waals surface area contributed by atoms with Crippen molar-refractivity contribution >= 4 is 8.25 Å². The smallest absolute Gasteiger partial charge is 0.133 e. The molecule has 0 fully saturated rings. The van der Waals surface area contributed by atoms with Gasteiger partial charge in [0.15, 0.2) is 0 Å². The summed E-state index contributed by atoms with van der Waals surface area (Å²) < 4.78 is 14.6. The van der Waals surface area contributed by atoms with Crippen LogP contribution in [0.3, 0.4) is 0 Å². The molecule has 0 bridgehead atoms. The van der Waals surface area contributed by atoms with E-state index in [1.807, 2.05) is 0 Å². The van der Waals surface area contributed by atoms with Crippen molar-refractivity contribution in [3.8, 4) is 0 Å². The van der Waals surface area contributed by atoms with E-state index in [0.29, 0.717) is 6.61 Å². The Morgan fingerprint density at radius 1 is 1.07 bits per heavy atom. The maximum absolute atomic E-state index is 10.1. The second kappa shape index (κ2) is 18.1. The summed E-state index contributed by atoms with van der Waals surface area (Å²) in [5.74, 6) is 0. The Morgan fingerprint density at radius 2 is 1.57 bits per heavy atom. The van der Waals surface area contributed by atoms with E-state index in [2.05, 4.69) is 11.4 Å². The molecule has 14 heavy (non-hydrogen) atoms. The molecular weight excluding hydrogens is 464 g/mol. The van der Waals surface area contributed by atoms with Crippen molar-refractivity contribution in [2.45, 2.75) is 45.4 Å². The minimum Gasteiger partial charge on any atom is -0.133 e. The van der Waals surface area contributed by atoms with Crippen molar-refractivity contribution in [3.63, 3.8) is 0 Å². The average molecular weight is 482 g/mol. The van der Waals surface area contributed by atoms with Gasteiger partial charge in [-0.2, -0.15) is 0 Å². The Labute approximate surface area is 153 Å². The van der Waals surface area contributed by atoms with E-state index in [1.54, 1.807) is 0 Å². The minimum atomic E-state index is -2.38. The largest absolute Gasteiger partial charge is 0.694 e. The molecule has 0 heterocycles. The van der Waals surface area contributed by atoms with Crippen LogP contribution >= 0.6 is 8.25 Å². The van der Waals surface area contributed by atoms with Crippen LogP contribution in [0.15, 0.2) is 0 Å². The predicted octanol–water partition coefficient (Wildman–Crippen LogP) is 3.01. The second-order valence-corrected chi connectivity index (χ2v) is 3.57. The fourth-order valence-corrected chi connectivity index (χ4v) is 1.31. The van der Waals surface area contributed by atoms with Crippen LogP contribution in [-0.4, -0.2) is 11.5 Å². The second-order valence-electron chi connectivity index (χ2n) is 2.84. The van der Waals surface area contributed by atoms with E-state index in [4.69, 9.17) is 4.89 Å². The summed E-state index contributed by atoms with van der Waals surface area (Å²) in [6.45, 7) is 2.59. The van der Waals surface area contributed by atoms with Crippen LogP contribution in [0.5, 0.6) is 0 Å². The van der Waals surface area contributed by atoms with Gasteiger partial charge in [-0.1, -0.05) is 39.0 Å². The van der Waals surface area contributed by atoms with Crippen molar-refractivity contribution in [3.05, 3.63) is 0 Å². The molecule has 0 saturated carbocycles. The Bertz CT molecular complexity index is 125. The van der Waals surface area contributed by atoms with Crippen LogP contribution in [0.25, 0.3) is 0 Å². The van der Waals surface area contributed by atoms with Crippen LogP contribution in [-0.2, 0) is 9.09 Å². The number of unbranched alkanes of at least 4 members (excludes halogenated alkanes) is 5. The summed E-state index contributed by atoms with van der Waals surface area (Å²) in [4.78, 5) is 8.28. The summed E-state index contributed by atoms with van der Waals surface area (Å²) in [6, 6.07) is 0. The molecule has 0 spiro atoms. The third-order valence-electron chi connectivity index (χ3n) is 1.70. The van der Waals surface area contributed by atoms with Gasteiger partial charge >= 0.3 is 8.25 Å². The van der Waals surface area contributed by atoms with E-state index < -0.39 is 8.25 Å². The monoisotopic (exact) mass is 477 g/mol. The zero-order valence-corrected chi connectivity index (χ0v) is 16.0. The standard InChI is InChI=1S/C8H17O3P.2Nd/c1-2-3-4-5-6-7-8-11-12(9)10;;/h2-8H2,1H3;;/p+1. The summed E-state index contributed by atoms with van der Waals surface area (Å²) >= 11 is 0. The fraction of sp³-hybridized carbons (Fsp3) is 1.00. The maximum Gasteiger partial charge on any atom is 0.694 e. The van der Waals surface area contributed by atoms with E-state index in [-0.39, 0.29) is 81.7 Å². The fourth-order valence-electron chi connectivity index (χ4n) is 1.03. The van der Waals surface area contributed by atoms with E-state index >= 15 is 0 Å². The molecule has 0 saturated heterocycles. The summed E-state index contributed by atoms with van der Waals surface area (Å²) in [5.41, 5.74) is 0. The van der Waals surface area contributed by atoms with Crippen molar-refractivity contribution in [2.75, 3.05) is 6.61 Å². The molecule has 0 aromatic rings. The molecule has 0 aliphatic carbocycles. The van der Waals surface area contributed by atoms with Gasteiger partial charge in [0.05, 0.1) is 0 Å². The first kappa shape index (κ1) is 22.0. The van der Waals surface area contributed by atoms with Crippen molar-refractivity contribution in [1.29, 1.82) is 0 Å². The minimum absolute atomic E-state index is 0. The Balaban J connectivity index is -0.000000605. The molecule has 1 N–H and O–H groups in total. The molecule has 0 radical (unpaired) electrons. The van der Waals surface area contributed by atoms with Crippen molar-refractivity contribution in [1.82, 2.24) is 0 Å². The van der Waals surface area contributed by atoms with Gasteiger partial charge in [0.1, 0.15) is 6.61 Å². The summed E-state index contributed by atoms with van der Waals surface area (Å²) in [6.07, 6.45) is 7.00. The molecule has 3 nitrogen and oxygen atoms in total. The van der Waals surface area contributed by atoms with Crippen LogP contribution < -0.4 is 0 Å². The zero-order valence-electron chi connectivity index (χ0n) is 8.66. The first-order valence-corrected chi connectivity index (χ1v) is 5.69. The van der Waals surface area contributed by atoms with Crippen molar-refractivity contribution in [2.24, 2.45) is 0 Å². The average Bonchev–Trinajstić information content (AvgIpc) is 2.02. The quantitative estimate of drug-likeness (QED) is 0.428. The van der Waals surface area contributed by atoms with Crippen molar-refractivity contribution < 1.29 is 95.7 Å². The van der Waals surface area contributed by atoms with E-state index in [9.17, 15) is 4.57 Å². The molecular formula is C8H18Nd2O3P+. The van der Waals surface area contributed by atoms with E-state index in [0.717, 1.165) is 12.8 Å². The molecule has 80 valence electrons. The third kappa shape index (κ3) is 20.2. The molecule has 1 atom stereocenters. The van der Waals surface area contributed by atoms with Gasteiger partial charge in [-0.25, -0.2) is 0 Å². The third-order valence-corrected chi connectivity index (χ3v) is 2.10. The zero-order chi connectivity index (χ0) is 9.23. The maximum atomic E-state index is 10.1. The molecule has 0 aromatic carbocycles. The molecule has 0 rings (SSSR count). The number of hydrogen-bond acceptors (Lipinski definition) is 2. The first-order chi connectivity index (χ1) is 5.77. The Hall–Kier alpha value is 2.72. The van der Waals surface area contributed by atoms with Gasteiger partial charge in [-0.3, -0.25) is 0 Å². The van der Waals surface area contributed by atoms with Crippen LogP contribution in [0.4, 0.5) is 0 Å². The predicted molar refractivity (Wildman–Crippen MR) is 49.2 cm³/mol. The number of hydrogen-bond donors (Lipinski definition) is 1. The first-order valence-electron chi connectivity index (χ1n) is 4.56. The molecule has 0 aliphatic rings. The molecule has 0 aromatic heterocycles. The Kier molecular flexibility index (Phi) is 28.4. The number of rotatable bonds is 8. The van der Waals surface area contributed by atoms with Gasteiger partial charge in [-0.15, -0.1) is 9.42 Å². The van der Waals surface area contributed by atoms with Crippen LogP contribution in [0.1, 0.15) is 45.4 Å². The van der Waals surface area contributed by atoms with Gasteiger partial charge in [0.2, 0.25) is 0 Å². The topological polar surface area (TPSA) is 46.5 Å². The normalized spacial score (nSPS) is 10.0.